The maximum atomic E-state index is 11.3. The number of carbonyl (C=O) groups excluding carboxylic acids is 1. The largest absolute Gasteiger partial charge is 0.465 e. The molecule has 1 aromatic carbocycles. The van der Waals surface area contributed by atoms with E-state index < -0.39 is 26.4 Å². The molecule has 8 heteroatoms. The second-order valence-corrected chi connectivity index (χ2v) is 5.81. The Hall–Kier alpha value is -1.96. The van der Waals surface area contributed by atoms with Crippen LogP contribution in [0.2, 0.25) is 0 Å². The molecule has 0 fully saturated rings. The van der Waals surface area contributed by atoms with E-state index in [2.05, 4.69) is 4.74 Å². The molecule has 0 spiro atoms. The summed E-state index contributed by atoms with van der Waals surface area (Å²) in [5, 5.41) is 10.8. The molecule has 0 aliphatic rings. The van der Waals surface area contributed by atoms with Crippen molar-refractivity contribution < 1.29 is 22.9 Å². The molecule has 0 amide bonds. The van der Waals surface area contributed by atoms with Crippen LogP contribution in [-0.2, 0) is 20.3 Å². The first-order valence-corrected chi connectivity index (χ1v) is 6.84. The Labute approximate surface area is 103 Å². The maximum Gasteiger partial charge on any atom is 0.344 e. The zero-order chi connectivity index (χ0) is 13.9. The predicted octanol–water partition coefficient (Wildman–Crippen LogP) is 0.926. The normalized spacial score (nSPS) is 11.0. The SMILES string of the molecule is COC(=O)c1ccc(CS(C)(=O)=O)cc1[N+](=O)[O-]. The highest BCUT2D eigenvalue weighted by Crippen LogP contribution is 2.22. The van der Waals surface area contributed by atoms with Gasteiger partial charge in [0.25, 0.3) is 5.69 Å². The van der Waals surface area contributed by atoms with Crippen LogP contribution in [0.25, 0.3) is 0 Å². The number of nitrogens with zero attached hydrogens (tertiary/aromatic N) is 1. The van der Waals surface area contributed by atoms with Gasteiger partial charge < -0.3 is 4.74 Å². The van der Waals surface area contributed by atoms with E-state index in [9.17, 15) is 23.3 Å². The number of nitro groups is 1. The summed E-state index contributed by atoms with van der Waals surface area (Å²) in [6.45, 7) is 0. The molecule has 0 saturated carbocycles. The first-order valence-electron chi connectivity index (χ1n) is 4.78. The van der Waals surface area contributed by atoms with E-state index in [1.54, 1.807) is 0 Å². The summed E-state index contributed by atoms with van der Waals surface area (Å²) in [7, 11) is -2.19. The number of hydrogen-bond donors (Lipinski definition) is 0. The number of ether oxygens (including phenoxy) is 1. The summed E-state index contributed by atoms with van der Waals surface area (Å²) >= 11 is 0. The van der Waals surface area contributed by atoms with Gasteiger partial charge in [0.15, 0.2) is 9.84 Å². The van der Waals surface area contributed by atoms with Crippen molar-refractivity contribution in [3.8, 4) is 0 Å². The van der Waals surface area contributed by atoms with E-state index in [4.69, 9.17) is 0 Å². The zero-order valence-electron chi connectivity index (χ0n) is 9.74. The monoisotopic (exact) mass is 273 g/mol. The molecule has 0 aromatic heterocycles. The molecule has 0 bridgehead atoms. The topological polar surface area (TPSA) is 104 Å². The smallest absolute Gasteiger partial charge is 0.344 e. The minimum Gasteiger partial charge on any atom is -0.465 e. The van der Waals surface area contributed by atoms with Crippen LogP contribution in [0.1, 0.15) is 15.9 Å². The van der Waals surface area contributed by atoms with Crippen molar-refractivity contribution in [3.63, 3.8) is 0 Å². The van der Waals surface area contributed by atoms with Crippen molar-refractivity contribution in [1.82, 2.24) is 0 Å². The van der Waals surface area contributed by atoms with Gasteiger partial charge in [-0.25, -0.2) is 13.2 Å². The lowest BCUT2D eigenvalue weighted by Crippen LogP contribution is -2.07. The van der Waals surface area contributed by atoms with Crippen molar-refractivity contribution in [1.29, 1.82) is 0 Å². The van der Waals surface area contributed by atoms with Crippen molar-refractivity contribution in [2.45, 2.75) is 5.75 Å². The fourth-order valence-electron chi connectivity index (χ4n) is 1.40. The summed E-state index contributed by atoms with van der Waals surface area (Å²) in [6.07, 6.45) is 1.02. The van der Waals surface area contributed by atoms with Crippen LogP contribution in [0, 0.1) is 10.1 Å². The fourth-order valence-corrected chi connectivity index (χ4v) is 2.19. The molecule has 0 atom stereocenters. The average molecular weight is 273 g/mol. The molecule has 0 N–H and O–H groups in total. The lowest BCUT2D eigenvalue weighted by Gasteiger charge is -2.04. The molecule has 0 saturated heterocycles. The van der Waals surface area contributed by atoms with Crippen LogP contribution in [-0.4, -0.2) is 32.7 Å². The standard InChI is InChI=1S/C10H11NO6S/c1-17-10(12)8-4-3-7(6-18(2,15)16)5-9(8)11(13)14/h3-5H,6H2,1-2H3. The van der Waals surface area contributed by atoms with E-state index in [-0.39, 0.29) is 16.9 Å². The Kier molecular flexibility index (Phi) is 4.02. The molecular weight excluding hydrogens is 262 g/mol. The van der Waals surface area contributed by atoms with Crippen LogP contribution in [0.5, 0.6) is 0 Å². The van der Waals surface area contributed by atoms with Crippen LogP contribution < -0.4 is 0 Å². The van der Waals surface area contributed by atoms with Gasteiger partial charge in [0.1, 0.15) is 5.56 Å². The number of esters is 1. The number of rotatable bonds is 4. The molecule has 1 rings (SSSR count). The highest BCUT2D eigenvalue weighted by molar-refractivity contribution is 7.89. The van der Waals surface area contributed by atoms with Gasteiger partial charge in [0.2, 0.25) is 0 Å². The Morgan fingerprint density at radius 1 is 1.44 bits per heavy atom. The van der Waals surface area contributed by atoms with E-state index in [0.29, 0.717) is 0 Å². The summed E-state index contributed by atoms with van der Waals surface area (Å²) in [6, 6.07) is 3.60. The second kappa shape index (κ2) is 5.13. The number of hydrogen-bond acceptors (Lipinski definition) is 6. The molecule has 1 aromatic rings. The zero-order valence-corrected chi connectivity index (χ0v) is 10.6. The van der Waals surface area contributed by atoms with Crippen molar-refractivity contribution in [2.75, 3.05) is 13.4 Å². The number of methoxy groups -OCH3 is 1. The molecule has 0 aliphatic heterocycles. The summed E-state index contributed by atoms with van der Waals surface area (Å²) in [5.41, 5.74) is -0.431. The highest BCUT2D eigenvalue weighted by Gasteiger charge is 2.22. The minimum atomic E-state index is -3.30. The van der Waals surface area contributed by atoms with Gasteiger partial charge >= 0.3 is 5.97 Å². The average Bonchev–Trinajstić information content (AvgIpc) is 2.25. The quantitative estimate of drug-likeness (QED) is 0.459. The second-order valence-electron chi connectivity index (χ2n) is 3.67. The summed E-state index contributed by atoms with van der Waals surface area (Å²) in [4.78, 5) is 21.3. The molecule has 0 heterocycles. The molecule has 0 radical (unpaired) electrons. The van der Waals surface area contributed by atoms with E-state index >= 15 is 0 Å². The van der Waals surface area contributed by atoms with Crippen LogP contribution in [0.3, 0.4) is 0 Å². The predicted molar refractivity (Wildman–Crippen MR) is 63.0 cm³/mol. The van der Waals surface area contributed by atoms with Gasteiger partial charge in [0, 0.05) is 12.3 Å². The molecule has 0 aliphatic carbocycles. The van der Waals surface area contributed by atoms with Gasteiger partial charge in [-0.2, -0.15) is 0 Å². The van der Waals surface area contributed by atoms with Crippen LogP contribution >= 0.6 is 0 Å². The first kappa shape index (κ1) is 14.1. The number of sulfone groups is 1. The first-order chi connectivity index (χ1) is 8.24. The number of nitro benzene ring substituents is 1. The van der Waals surface area contributed by atoms with Crippen LogP contribution in [0.15, 0.2) is 18.2 Å². The van der Waals surface area contributed by atoms with Crippen LogP contribution in [0.4, 0.5) is 5.69 Å². The summed E-state index contributed by atoms with van der Waals surface area (Å²) in [5.74, 6) is -1.16. The van der Waals surface area contributed by atoms with Gasteiger partial charge in [0.05, 0.1) is 17.8 Å². The maximum absolute atomic E-state index is 11.3. The molecule has 98 valence electrons. The molecule has 0 unspecified atom stereocenters. The molecule has 7 nitrogen and oxygen atoms in total. The third-order valence-electron chi connectivity index (χ3n) is 2.09. The Bertz CT molecular complexity index is 592. The van der Waals surface area contributed by atoms with Gasteiger partial charge in [-0.05, 0) is 11.6 Å². The Morgan fingerprint density at radius 3 is 2.50 bits per heavy atom. The Morgan fingerprint density at radius 2 is 2.06 bits per heavy atom. The lowest BCUT2D eigenvalue weighted by atomic mass is 10.1. The lowest BCUT2D eigenvalue weighted by molar-refractivity contribution is -0.385. The number of carbonyl (C=O) groups is 1. The molecule has 18 heavy (non-hydrogen) atoms. The van der Waals surface area contributed by atoms with Crippen molar-refractivity contribution in [3.05, 3.63) is 39.4 Å². The highest BCUT2D eigenvalue weighted by atomic mass is 32.2. The summed E-state index contributed by atoms with van der Waals surface area (Å²) < 4.78 is 26.6. The Balaban J connectivity index is 3.28. The third-order valence-corrected chi connectivity index (χ3v) is 2.95. The van der Waals surface area contributed by atoms with E-state index in [0.717, 1.165) is 19.4 Å². The van der Waals surface area contributed by atoms with Gasteiger partial charge in [-0.1, -0.05) is 6.07 Å². The van der Waals surface area contributed by atoms with Gasteiger partial charge in [-0.15, -0.1) is 0 Å². The van der Waals surface area contributed by atoms with E-state index in [1.165, 1.54) is 12.1 Å². The van der Waals surface area contributed by atoms with E-state index in [1.807, 2.05) is 0 Å². The number of benzene rings is 1. The minimum absolute atomic E-state index is 0.209. The van der Waals surface area contributed by atoms with Gasteiger partial charge in [-0.3, -0.25) is 10.1 Å². The van der Waals surface area contributed by atoms with Crippen molar-refractivity contribution in [2.24, 2.45) is 0 Å². The fraction of sp³-hybridized carbons (Fsp3) is 0.300. The molecular formula is C10H11NO6S. The van der Waals surface area contributed by atoms with Crippen molar-refractivity contribution >= 4 is 21.5 Å². The third kappa shape index (κ3) is 3.52.